The van der Waals surface area contributed by atoms with Gasteiger partial charge in [-0.05, 0) is 31.2 Å². The van der Waals surface area contributed by atoms with Gasteiger partial charge < -0.3 is 19.5 Å². The van der Waals surface area contributed by atoms with E-state index < -0.39 is 12.1 Å². The van der Waals surface area contributed by atoms with E-state index >= 15 is 0 Å². The molecule has 3 rings (SSSR count). The summed E-state index contributed by atoms with van der Waals surface area (Å²) in [6, 6.07) is 8.83. The zero-order valence-corrected chi connectivity index (χ0v) is 15.8. The van der Waals surface area contributed by atoms with E-state index in [0.29, 0.717) is 38.0 Å². The van der Waals surface area contributed by atoms with Crippen LogP contribution >= 0.6 is 0 Å². The van der Waals surface area contributed by atoms with Gasteiger partial charge in [0.25, 0.3) is 0 Å². The second kappa shape index (κ2) is 9.16. The molecule has 0 bridgehead atoms. The lowest BCUT2D eigenvalue weighted by Crippen LogP contribution is -2.44. The highest BCUT2D eigenvalue weighted by Crippen LogP contribution is 2.26. The number of hydrogen-bond acceptors (Lipinski definition) is 5. The lowest BCUT2D eigenvalue weighted by atomic mass is 10.0. The fourth-order valence-electron chi connectivity index (χ4n) is 3.59. The van der Waals surface area contributed by atoms with Crippen molar-refractivity contribution >= 4 is 24.1 Å². The van der Waals surface area contributed by atoms with Gasteiger partial charge in [0.15, 0.2) is 5.82 Å². The summed E-state index contributed by atoms with van der Waals surface area (Å²) < 4.78 is 6.56. The predicted octanol–water partition coefficient (Wildman–Crippen LogP) is 1.79. The van der Waals surface area contributed by atoms with Crippen molar-refractivity contribution in [2.75, 3.05) is 19.0 Å². The summed E-state index contributed by atoms with van der Waals surface area (Å²) in [6.07, 6.45) is 6.31. The van der Waals surface area contributed by atoms with E-state index in [2.05, 4.69) is 10.3 Å². The molecule has 2 atom stereocenters. The van der Waals surface area contributed by atoms with Gasteiger partial charge >= 0.3 is 5.97 Å². The molecule has 1 saturated heterocycles. The number of esters is 1. The first kappa shape index (κ1) is 19.6. The molecular formula is C20H24N4O4. The lowest BCUT2D eigenvalue weighted by molar-refractivity contribution is -0.152. The van der Waals surface area contributed by atoms with Gasteiger partial charge in [-0.1, -0.05) is 30.3 Å². The Labute approximate surface area is 163 Å². The van der Waals surface area contributed by atoms with Crippen molar-refractivity contribution in [3.8, 4) is 0 Å². The Balaban J connectivity index is 1.82. The number of ether oxygens (including phenoxy) is 1. The Morgan fingerprint density at radius 2 is 2.14 bits per heavy atom. The molecule has 28 heavy (non-hydrogen) atoms. The Kier molecular flexibility index (Phi) is 6.41. The number of carbonyl (C=O) groups excluding carboxylic acids is 3. The number of hydrogen-bond donors (Lipinski definition) is 1. The molecule has 1 N–H and O–H groups in total. The summed E-state index contributed by atoms with van der Waals surface area (Å²) in [6.45, 7) is 0.522. The minimum Gasteiger partial charge on any atom is -0.467 e. The standard InChI is InChI=1S/C20H24N4O4/c1-28-20(27)17-8-5-11-24(17)19(26)16(10-9-15-6-3-2-4-7-15)23-12-18(21-13-23)22-14-25/h2-4,6-7,12-14,16-17H,5,8-11H2,1H3,(H,22,25)/t16?,17-/m0/s1. The van der Waals surface area contributed by atoms with Crippen LogP contribution in [0.2, 0.25) is 0 Å². The number of nitrogens with zero attached hydrogens (tertiary/aromatic N) is 3. The zero-order chi connectivity index (χ0) is 19.9. The molecule has 1 fully saturated rings. The highest BCUT2D eigenvalue weighted by Gasteiger charge is 2.38. The van der Waals surface area contributed by atoms with Crippen molar-refractivity contribution in [2.24, 2.45) is 0 Å². The third kappa shape index (κ3) is 4.39. The molecule has 148 valence electrons. The van der Waals surface area contributed by atoms with Crippen molar-refractivity contribution in [3.05, 3.63) is 48.4 Å². The molecule has 8 nitrogen and oxygen atoms in total. The van der Waals surface area contributed by atoms with Crippen molar-refractivity contribution in [1.82, 2.24) is 14.5 Å². The van der Waals surface area contributed by atoms with E-state index in [1.54, 1.807) is 15.7 Å². The summed E-state index contributed by atoms with van der Waals surface area (Å²) in [5, 5.41) is 2.49. The van der Waals surface area contributed by atoms with E-state index in [1.165, 1.54) is 13.4 Å². The van der Waals surface area contributed by atoms with Gasteiger partial charge in [-0.25, -0.2) is 9.78 Å². The number of imidazole rings is 1. The average Bonchev–Trinajstić information content (AvgIpc) is 3.38. The van der Waals surface area contributed by atoms with E-state index in [1.807, 2.05) is 30.3 Å². The number of rotatable bonds is 8. The third-order valence-corrected chi connectivity index (χ3v) is 5.01. The van der Waals surface area contributed by atoms with E-state index in [4.69, 9.17) is 4.74 Å². The molecule has 1 unspecified atom stereocenters. The van der Waals surface area contributed by atoms with Crippen LogP contribution in [0.1, 0.15) is 30.9 Å². The molecule has 2 heterocycles. The summed E-state index contributed by atoms with van der Waals surface area (Å²) in [5.74, 6) is -0.154. The van der Waals surface area contributed by atoms with Crippen LogP contribution in [0.25, 0.3) is 0 Å². The topological polar surface area (TPSA) is 93.5 Å². The van der Waals surface area contributed by atoms with Crippen LogP contribution in [0.15, 0.2) is 42.9 Å². The number of methoxy groups -OCH3 is 1. The van der Waals surface area contributed by atoms with Crippen LogP contribution in [-0.2, 0) is 25.5 Å². The largest absolute Gasteiger partial charge is 0.467 e. The molecule has 0 radical (unpaired) electrons. The smallest absolute Gasteiger partial charge is 0.328 e. The molecule has 0 aliphatic carbocycles. The first-order valence-electron chi connectivity index (χ1n) is 9.30. The molecule has 1 aromatic heterocycles. The zero-order valence-electron chi connectivity index (χ0n) is 15.8. The highest BCUT2D eigenvalue weighted by atomic mass is 16.5. The number of benzene rings is 1. The molecule has 1 aromatic carbocycles. The molecule has 8 heteroatoms. The number of aromatic nitrogens is 2. The Bertz CT molecular complexity index is 821. The minimum absolute atomic E-state index is 0.140. The van der Waals surface area contributed by atoms with E-state index in [0.717, 1.165) is 12.0 Å². The van der Waals surface area contributed by atoms with Gasteiger partial charge in [0, 0.05) is 12.7 Å². The number of nitrogens with one attached hydrogen (secondary N) is 1. The van der Waals surface area contributed by atoms with Crippen LogP contribution in [0.5, 0.6) is 0 Å². The summed E-state index contributed by atoms with van der Waals surface area (Å²) >= 11 is 0. The van der Waals surface area contributed by atoms with E-state index in [-0.39, 0.29) is 11.9 Å². The maximum Gasteiger partial charge on any atom is 0.328 e. The van der Waals surface area contributed by atoms with Crippen molar-refractivity contribution < 1.29 is 19.1 Å². The van der Waals surface area contributed by atoms with Gasteiger partial charge in [0.05, 0.1) is 13.4 Å². The lowest BCUT2D eigenvalue weighted by Gasteiger charge is -2.28. The monoisotopic (exact) mass is 384 g/mol. The Hall–Kier alpha value is -3.16. The highest BCUT2D eigenvalue weighted by molar-refractivity contribution is 5.87. The van der Waals surface area contributed by atoms with Crippen LogP contribution in [0, 0.1) is 0 Å². The third-order valence-electron chi connectivity index (χ3n) is 5.01. The van der Waals surface area contributed by atoms with Gasteiger partial charge in [-0.15, -0.1) is 0 Å². The second-order valence-corrected chi connectivity index (χ2v) is 6.72. The normalized spacial score (nSPS) is 17.2. The number of carbonyl (C=O) groups is 3. The molecule has 0 saturated carbocycles. The average molecular weight is 384 g/mol. The number of amides is 2. The van der Waals surface area contributed by atoms with Crippen molar-refractivity contribution in [1.29, 1.82) is 0 Å². The predicted molar refractivity (Wildman–Crippen MR) is 102 cm³/mol. The van der Waals surface area contributed by atoms with Gasteiger partial charge in [0.1, 0.15) is 12.1 Å². The van der Waals surface area contributed by atoms with Crippen molar-refractivity contribution in [3.63, 3.8) is 0 Å². The first-order chi connectivity index (χ1) is 13.6. The van der Waals surface area contributed by atoms with Gasteiger partial charge in [-0.3, -0.25) is 9.59 Å². The van der Waals surface area contributed by atoms with Gasteiger partial charge in [0.2, 0.25) is 12.3 Å². The molecule has 1 aliphatic heterocycles. The van der Waals surface area contributed by atoms with E-state index in [9.17, 15) is 14.4 Å². The molecule has 0 spiro atoms. The van der Waals surface area contributed by atoms with Crippen LogP contribution in [-0.4, -0.2) is 52.4 Å². The maximum atomic E-state index is 13.3. The SMILES string of the molecule is COC(=O)[C@@H]1CCCN1C(=O)C(CCc1ccccc1)n1cnc(NC=O)c1. The van der Waals surface area contributed by atoms with Crippen LogP contribution in [0.4, 0.5) is 5.82 Å². The minimum atomic E-state index is -0.548. The van der Waals surface area contributed by atoms with Crippen molar-refractivity contribution in [2.45, 2.75) is 37.8 Å². The molecule has 1 aliphatic rings. The number of likely N-dealkylation sites (tertiary alicyclic amines) is 1. The quantitative estimate of drug-likeness (QED) is 0.553. The summed E-state index contributed by atoms with van der Waals surface area (Å²) in [4.78, 5) is 41.8. The maximum absolute atomic E-state index is 13.3. The second-order valence-electron chi connectivity index (χ2n) is 6.72. The molecule has 2 aromatic rings. The Morgan fingerprint density at radius 1 is 1.36 bits per heavy atom. The van der Waals surface area contributed by atoms with Crippen LogP contribution < -0.4 is 5.32 Å². The molecular weight excluding hydrogens is 360 g/mol. The number of anilines is 1. The summed E-state index contributed by atoms with van der Waals surface area (Å²) in [7, 11) is 1.34. The van der Waals surface area contributed by atoms with Gasteiger partial charge in [-0.2, -0.15) is 0 Å². The fraction of sp³-hybridized carbons (Fsp3) is 0.400. The Morgan fingerprint density at radius 3 is 2.86 bits per heavy atom. The number of aryl methyl sites for hydroxylation is 1. The molecule has 2 amide bonds. The summed E-state index contributed by atoms with van der Waals surface area (Å²) in [5.41, 5.74) is 1.12. The van der Waals surface area contributed by atoms with Crippen LogP contribution in [0.3, 0.4) is 0 Å². The first-order valence-corrected chi connectivity index (χ1v) is 9.30. The fourth-order valence-corrected chi connectivity index (χ4v) is 3.59.